The average molecular weight is 414 g/mol. The Labute approximate surface area is 169 Å². The Morgan fingerprint density at radius 3 is 2.44 bits per heavy atom. The van der Waals surface area contributed by atoms with E-state index in [1.165, 1.54) is 12.6 Å². The highest BCUT2D eigenvalue weighted by Gasteiger charge is 2.42. The molecular weight excluding hydrogens is 382 g/mol. The van der Waals surface area contributed by atoms with Gasteiger partial charge in [0.2, 0.25) is 10.0 Å². The zero-order chi connectivity index (χ0) is 19.7. The summed E-state index contributed by atoms with van der Waals surface area (Å²) in [5, 5.41) is 0.312. The van der Waals surface area contributed by atoms with Gasteiger partial charge < -0.3 is 4.90 Å². The van der Waals surface area contributed by atoms with Crippen LogP contribution in [0.15, 0.2) is 23.2 Å². The quantitative estimate of drug-likeness (QED) is 0.699. The number of piperidine rings is 2. The van der Waals surface area contributed by atoms with Crippen LogP contribution in [0.5, 0.6) is 0 Å². The van der Waals surface area contributed by atoms with Gasteiger partial charge >= 0.3 is 0 Å². The van der Waals surface area contributed by atoms with E-state index in [1.54, 1.807) is 16.4 Å². The topological polar surface area (TPSA) is 53.5 Å². The van der Waals surface area contributed by atoms with Crippen molar-refractivity contribution in [3.63, 3.8) is 0 Å². The van der Waals surface area contributed by atoms with Crippen LogP contribution in [0.2, 0.25) is 5.15 Å². The zero-order valence-corrected chi connectivity index (χ0v) is 18.3. The molecule has 3 rings (SSSR count). The van der Waals surface area contributed by atoms with Crippen molar-refractivity contribution >= 4 is 21.6 Å². The molecule has 2 aliphatic rings. The van der Waals surface area contributed by atoms with Crippen LogP contribution in [-0.2, 0) is 10.0 Å². The first-order chi connectivity index (χ1) is 12.6. The van der Waals surface area contributed by atoms with E-state index >= 15 is 0 Å². The van der Waals surface area contributed by atoms with Gasteiger partial charge in [-0.25, -0.2) is 13.4 Å². The normalized spacial score (nSPS) is 22.2. The lowest BCUT2D eigenvalue weighted by atomic mass is 9.73. The van der Waals surface area contributed by atoms with Crippen LogP contribution in [0, 0.1) is 10.8 Å². The van der Waals surface area contributed by atoms with Crippen molar-refractivity contribution in [2.45, 2.75) is 57.8 Å². The van der Waals surface area contributed by atoms with Crippen molar-refractivity contribution in [1.29, 1.82) is 0 Å². The van der Waals surface area contributed by atoms with Crippen LogP contribution in [0.25, 0.3) is 0 Å². The highest BCUT2D eigenvalue weighted by atomic mass is 35.5. The largest absolute Gasteiger partial charge is 0.303 e. The molecule has 0 saturated carbocycles. The molecule has 5 nitrogen and oxygen atoms in total. The molecule has 7 heteroatoms. The van der Waals surface area contributed by atoms with E-state index in [-0.39, 0.29) is 10.3 Å². The Hall–Kier alpha value is -0.690. The molecule has 0 bridgehead atoms. The van der Waals surface area contributed by atoms with E-state index in [9.17, 15) is 8.42 Å². The molecule has 0 aromatic carbocycles. The van der Waals surface area contributed by atoms with E-state index in [4.69, 9.17) is 11.6 Å². The van der Waals surface area contributed by atoms with Crippen molar-refractivity contribution in [1.82, 2.24) is 14.2 Å². The van der Waals surface area contributed by atoms with Crippen molar-refractivity contribution in [2.24, 2.45) is 10.8 Å². The molecule has 2 fully saturated rings. The Bertz CT molecular complexity index is 735. The van der Waals surface area contributed by atoms with Gasteiger partial charge in [-0.3, -0.25) is 0 Å². The van der Waals surface area contributed by atoms with Gasteiger partial charge in [-0.1, -0.05) is 32.4 Å². The first-order valence-corrected chi connectivity index (χ1v) is 11.8. The fraction of sp³-hybridized carbons (Fsp3) is 0.750. The molecule has 0 aliphatic carbocycles. The van der Waals surface area contributed by atoms with Gasteiger partial charge in [0, 0.05) is 19.3 Å². The summed E-state index contributed by atoms with van der Waals surface area (Å²) < 4.78 is 27.7. The molecule has 0 radical (unpaired) electrons. The SMILES string of the molecule is CC(C)(C)CCN1CCC2(CCCN(S(=O)(=O)c3ccc(Cl)nc3)C2)CC1. The highest BCUT2D eigenvalue weighted by Crippen LogP contribution is 2.41. The number of halogens is 1. The second kappa shape index (κ2) is 7.97. The fourth-order valence-corrected chi connectivity index (χ4v) is 5.83. The summed E-state index contributed by atoms with van der Waals surface area (Å²) in [5.41, 5.74) is 0.487. The average Bonchev–Trinajstić information content (AvgIpc) is 2.61. The number of pyridine rings is 1. The van der Waals surface area contributed by atoms with Crippen LogP contribution < -0.4 is 0 Å². The monoisotopic (exact) mass is 413 g/mol. The van der Waals surface area contributed by atoms with Crippen molar-refractivity contribution in [3.8, 4) is 0 Å². The number of aromatic nitrogens is 1. The summed E-state index contributed by atoms with van der Waals surface area (Å²) in [6.45, 7) is 11.4. The second-order valence-electron chi connectivity index (χ2n) is 9.41. The number of sulfonamides is 1. The predicted molar refractivity (Wildman–Crippen MR) is 109 cm³/mol. The Morgan fingerprint density at radius 1 is 1.15 bits per heavy atom. The smallest absolute Gasteiger partial charge is 0.244 e. The molecule has 1 aromatic heterocycles. The van der Waals surface area contributed by atoms with E-state index in [1.807, 2.05) is 0 Å². The molecule has 1 spiro atoms. The van der Waals surface area contributed by atoms with E-state index in [0.29, 0.717) is 23.7 Å². The van der Waals surface area contributed by atoms with Crippen LogP contribution in [-0.4, -0.2) is 55.3 Å². The van der Waals surface area contributed by atoms with Crippen LogP contribution >= 0.6 is 11.6 Å². The molecule has 27 heavy (non-hydrogen) atoms. The van der Waals surface area contributed by atoms with Gasteiger partial charge in [-0.05, 0) is 74.7 Å². The Morgan fingerprint density at radius 2 is 1.85 bits per heavy atom. The standard InChI is InChI=1S/C20H32ClN3O2S/c1-19(2,3)8-12-23-13-9-20(10-14-23)7-4-11-24(16-20)27(25,26)17-5-6-18(21)22-15-17/h5-6,15H,4,7-14,16H2,1-3H3. The van der Waals surface area contributed by atoms with Crippen molar-refractivity contribution in [2.75, 3.05) is 32.7 Å². The van der Waals surface area contributed by atoms with E-state index in [2.05, 4.69) is 30.7 Å². The van der Waals surface area contributed by atoms with Crippen LogP contribution in [0.4, 0.5) is 0 Å². The van der Waals surface area contributed by atoms with Gasteiger partial charge in [0.05, 0.1) is 0 Å². The third-order valence-corrected chi connectivity index (χ3v) is 8.11. The predicted octanol–water partition coefficient (Wildman–Crippen LogP) is 4.04. The molecular formula is C20H32ClN3O2S. The lowest BCUT2D eigenvalue weighted by Gasteiger charge is -2.47. The Balaban J connectivity index is 1.64. The Kier molecular flexibility index (Phi) is 6.21. The number of hydrogen-bond acceptors (Lipinski definition) is 4. The molecule has 0 atom stereocenters. The summed E-state index contributed by atoms with van der Waals surface area (Å²) in [7, 11) is -3.50. The minimum absolute atomic E-state index is 0.128. The van der Waals surface area contributed by atoms with Crippen molar-refractivity contribution < 1.29 is 8.42 Å². The molecule has 0 N–H and O–H groups in total. The van der Waals surface area contributed by atoms with Gasteiger partial charge in [0.15, 0.2) is 0 Å². The minimum atomic E-state index is -3.50. The lowest BCUT2D eigenvalue weighted by molar-refractivity contribution is 0.0485. The third kappa shape index (κ3) is 5.22. The molecule has 1 aromatic rings. The summed E-state index contributed by atoms with van der Waals surface area (Å²) in [6.07, 6.45) is 6.80. The molecule has 0 unspecified atom stereocenters. The van der Waals surface area contributed by atoms with Crippen LogP contribution in [0.3, 0.4) is 0 Å². The van der Waals surface area contributed by atoms with Crippen LogP contribution in [0.1, 0.15) is 52.9 Å². The summed E-state index contributed by atoms with van der Waals surface area (Å²) in [6, 6.07) is 3.10. The van der Waals surface area contributed by atoms with Gasteiger partial charge in [-0.2, -0.15) is 4.31 Å². The highest BCUT2D eigenvalue weighted by molar-refractivity contribution is 7.89. The maximum absolute atomic E-state index is 13.0. The molecule has 2 aliphatic heterocycles. The number of rotatable bonds is 4. The molecule has 0 amide bonds. The first kappa shape index (κ1) is 21.0. The number of likely N-dealkylation sites (tertiary alicyclic amines) is 1. The maximum Gasteiger partial charge on any atom is 0.244 e. The van der Waals surface area contributed by atoms with Gasteiger partial charge in [0.25, 0.3) is 0 Å². The summed E-state index contributed by atoms with van der Waals surface area (Å²) in [4.78, 5) is 6.74. The fourth-order valence-electron chi connectivity index (χ4n) is 4.18. The van der Waals surface area contributed by atoms with Gasteiger partial charge in [-0.15, -0.1) is 0 Å². The zero-order valence-electron chi connectivity index (χ0n) is 16.7. The van der Waals surface area contributed by atoms with Crippen molar-refractivity contribution in [3.05, 3.63) is 23.5 Å². The third-order valence-electron chi connectivity index (χ3n) is 6.06. The number of hydrogen-bond donors (Lipinski definition) is 0. The summed E-state index contributed by atoms with van der Waals surface area (Å²) in [5.74, 6) is 0. The maximum atomic E-state index is 13.0. The molecule has 152 valence electrons. The van der Waals surface area contributed by atoms with E-state index < -0.39 is 10.0 Å². The number of nitrogens with zero attached hydrogens (tertiary/aromatic N) is 3. The summed E-state index contributed by atoms with van der Waals surface area (Å²) >= 11 is 5.81. The second-order valence-corrected chi connectivity index (χ2v) is 11.7. The lowest BCUT2D eigenvalue weighted by Crippen LogP contribution is -2.51. The van der Waals surface area contributed by atoms with Gasteiger partial charge in [0.1, 0.15) is 10.0 Å². The minimum Gasteiger partial charge on any atom is -0.303 e. The molecule has 3 heterocycles. The first-order valence-electron chi connectivity index (χ1n) is 9.94. The van der Waals surface area contributed by atoms with E-state index in [0.717, 1.165) is 45.3 Å². The molecule has 2 saturated heterocycles.